The molecule has 11 nitrogen and oxygen atoms in total. The summed E-state index contributed by atoms with van der Waals surface area (Å²) < 4.78 is 15.4. The lowest BCUT2D eigenvalue weighted by molar-refractivity contribution is -0.113. The zero-order valence-electron chi connectivity index (χ0n) is 23.3. The number of aliphatic hydroxyl groups is 1. The van der Waals surface area contributed by atoms with Crippen LogP contribution in [-0.2, 0) is 31.8 Å². The van der Waals surface area contributed by atoms with E-state index in [1.165, 1.54) is 18.3 Å². The third kappa shape index (κ3) is 6.76. The summed E-state index contributed by atoms with van der Waals surface area (Å²) >= 11 is 2.15. The second-order valence-corrected chi connectivity index (χ2v) is 11.1. The summed E-state index contributed by atoms with van der Waals surface area (Å²) in [6.07, 6.45) is 2.38. The zero-order chi connectivity index (χ0) is 29.6. The first kappa shape index (κ1) is 31.0. The summed E-state index contributed by atoms with van der Waals surface area (Å²) in [6.45, 7) is 10.4. The number of hydrogen-bond donors (Lipinski definition) is 2. The molecular formula is C27H33N3O8S2. The summed E-state index contributed by atoms with van der Waals surface area (Å²) in [5.41, 5.74) is 1.06. The molecule has 13 heteroatoms. The van der Waals surface area contributed by atoms with Gasteiger partial charge in [-0.3, -0.25) is 4.79 Å². The molecule has 0 radical (unpaired) electrons. The summed E-state index contributed by atoms with van der Waals surface area (Å²) in [7, 11) is 0. The predicted octanol–water partition coefficient (Wildman–Crippen LogP) is 6.28. The molecule has 0 bridgehead atoms. The van der Waals surface area contributed by atoms with Crippen LogP contribution in [0.5, 0.6) is 0 Å². The number of rotatable bonds is 10. The molecule has 1 amide bonds. The van der Waals surface area contributed by atoms with Gasteiger partial charge in [0.25, 0.3) is 5.91 Å². The van der Waals surface area contributed by atoms with Gasteiger partial charge in [-0.2, -0.15) is 0 Å². The maximum absolute atomic E-state index is 13.3. The average Bonchev–Trinajstić information content (AvgIpc) is 3.40. The average molecular weight is 592 g/mol. The lowest BCUT2D eigenvalue weighted by Gasteiger charge is -2.18. The van der Waals surface area contributed by atoms with Crippen LogP contribution < -0.4 is 5.32 Å². The number of carbonyl (C=O) groups excluding carboxylic acids is 4. The second kappa shape index (κ2) is 13.7. The Morgan fingerprint density at radius 3 is 2.17 bits per heavy atom. The molecule has 2 aromatic heterocycles. The van der Waals surface area contributed by atoms with E-state index in [1.807, 2.05) is 0 Å². The van der Waals surface area contributed by atoms with Gasteiger partial charge in [-0.1, -0.05) is 6.92 Å². The van der Waals surface area contributed by atoms with Crippen molar-refractivity contribution in [2.45, 2.75) is 60.8 Å². The van der Waals surface area contributed by atoms with Crippen LogP contribution in [-0.4, -0.2) is 48.7 Å². The molecule has 2 aromatic rings. The molecule has 1 aliphatic carbocycles. The van der Waals surface area contributed by atoms with Crippen LogP contribution in [0.4, 0.5) is 10.0 Å². The fourth-order valence-corrected chi connectivity index (χ4v) is 6.61. The summed E-state index contributed by atoms with van der Waals surface area (Å²) in [4.78, 5) is 52.3. The lowest BCUT2D eigenvalue weighted by Crippen LogP contribution is -2.18. The van der Waals surface area contributed by atoms with Gasteiger partial charge in [-0.05, 0) is 70.9 Å². The van der Waals surface area contributed by atoms with Crippen LogP contribution in [0.15, 0.2) is 21.7 Å². The first-order valence-corrected chi connectivity index (χ1v) is 14.6. The Bertz CT molecular complexity index is 1370. The number of anilines is 1. The van der Waals surface area contributed by atoms with E-state index in [1.54, 1.807) is 27.7 Å². The Morgan fingerprint density at radius 2 is 1.57 bits per heavy atom. The van der Waals surface area contributed by atoms with E-state index in [0.29, 0.717) is 28.5 Å². The van der Waals surface area contributed by atoms with E-state index < -0.39 is 35.3 Å². The van der Waals surface area contributed by atoms with Gasteiger partial charge in [0, 0.05) is 4.88 Å². The number of thiophene rings is 2. The molecule has 216 valence electrons. The number of ether oxygens (including phenoxy) is 3. The van der Waals surface area contributed by atoms with Crippen molar-refractivity contribution in [1.29, 1.82) is 0 Å². The highest BCUT2D eigenvalue weighted by molar-refractivity contribution is 7.18. The quantitative estimate of drug-likeness (QED) is 0.108. The van der Waals surface area contributed by atoms with E-state index >= 15 is 0 Å². The molecule has 1 atom stereocenters. The molecule has 3 rings (SSSR count). The summed E-state index contributed by atoms with van der Waals surface area (Å²) in [5, 5.41) is 21.3. The van der Waals surface area contributed by atoms with Crippen LogP contribution in [0.2, 0.25) is 0 Å². The van der Waals surface area contributed by atoms with Crippen LogP contribution >= 0.6 is 22.7 Å². The second-order valence-electron chi connectivity index (χ2n) is 9.04. The minimum atomic E-state index is -0.808. The highest BCUT2D eigenvalue weighted by Crippen LogP contribution is 2.41. The number of azo groups is 1. The fourth-order valence-electron chi connectivity index (χ4n) is 4.20. The van der Waals surface area contributed by atoms with Crippen molar-refractivity contribution in [3.63, 3.8) is 0 Å². The molecule has 1 aliphatic rings. The summed E-state index contributed by atoms with van der Waals surface area (Å²) in [6, 6.07) is 0. The third-order valence-corrected chi connectivity index (χ3v) is 8.41. The number of amides is 1. The monoisotopic (exact) mass is 591 g/mol. The number of nitrogens with one attached hydrogen (secondary N) is 1. The Kier molecular flexibility index (Phi) is 10.6. The van der Waals surface area contributed by atoms with Gasteiger partial charge in [0.2, 0.25) is 0 Å². The molecule has 2 heterocycles. The molecule has 1 unspecified atom stereocenters. The normalized spacial score (nSPS) is 15.3. The summed E-state index contributed by atoms with van der Waals surface area (Å²) in [5.74, 6) is -2.68. The Labute approximate surface area is 240 Å². The predicted molar refractivity (Wildman–Crippen MR) is 151 cm³/mol. The fraction of sp³-hybridized carbons (Fsp3) is 0.481. The highest BCUT2D eigenvalue weighted by atomic mass is 32.1. The van der Waals surface area contributed by atoms with Gasteiger partial charge in [-0.25, -0.2) is 14.4 Å². The largest absolute Gasteiger partial charge is 0.510 e. The van der Waals surface area contributed by atoms with Crippen molar-refractivity contribution in [3.05, 3.63) is 43.5 Å². The Balaban J connectivity index is 1.98. The standard InChI is InChI=1S/C27H33N3O8S2/c1-7-36-25(33)18-14(5)21(27(35)38-9-3)40-24(18)30-29-20(15(6)31)22(32)28-23-19(26(34)37-8-2)16-11-10-13(4)12-17(16)39-23/h13,31H,7-12H2,1-6H3,(H,28,32). The molecule has 0 aromatic carbocycles. The van der Waals surface area contributed by atoms with E-state index in [2.05, 4.69) is 22.5 Å². The molecular weight excluding hydrogens is 558 g/mol. The Morgan fingerprint density at radius 1 is 0.975 bits per heavy atom. The molecule has 0 spiro atoms. The number of nitrogens with zero attached hydrogens (tertiary/aromatic N) is 2. The van der Waals surface area contributed by atoms with Gasteiger partial charge < -0.3 is 24.6 Å². The van der Waals surface area contributed by atoms with Gasteiger partial charge in [-0.15, -0.1) is 32.9 Å². The molecule has 0 fully saturated rings. The minimum Gasteiger partial charge on any atom is -0.510 e. The van der Waals surface area contributed by atoms with Crippen molar-refractivity contribution >= 4 is 56.5 Å². The van der Waals surface area contributed by atoms with Gasteiger partial charge in [0.15, 0.2) is 10.7 Å². The van der Waals surface area contributed by atoms with Crippen molar-refractivity contribution in [2.24, 2.45) is 16.1 Å². The highest BCUT2D eigenvalue weighted by Gasteiger charge is 2.30. The molecule has 0 aliphatic heterocycles. The zero-order valence-corrected chi connectivity index (χ0v) is 25.0. The molecule has 0 saturated heterocycles. The minimum absolute atomic E-state index is 0.0124. The first-order chi connectivity index (χ1) is 19.0. The number of aliphatic hydroxyl groups excluding tert-OH is 1. The number of allylic oxidation sites excluding steroid dienone is 1. The van der Waals surface area contributed by atoms with Crippen molar-refractivity contribution in [3.8, 4) is 0 Å². The van der Waals surface area contributed by atoms with Crippen LogP contribution in [0.3, 0.4) is 0 Å². The van der Waals surface area contributed by atoms with E-state index in [4.69, 9.17) is 14.2 Å². The van der Waals surface area contributed by atoms with Gasteiger partial charge in [0.05, 0.1) is 25.4 Å². The SMILES string of the molecule is CCOC(=O)c1sc(N=NC(C(=O)Nc2sc3c(c2C(=O)OCC)CCC(C)C3)=C(C)O)c(C(=O)OCC)c1C. The third-order valence-electron chi connectivity index (χ3n) is 6.09. The van der Waals surface area contributed by atoms with E-state index in [0.717, 1.165) is 34.6 Å². The number of esters is 3. The maximum Gasteiger partial charge on any atom is 0.348 e. The van der Waals surface area contributed by atoms with Crippen molar-refractivity contribution < 1.29 is 38.5 Å². The van der Waals surface area contributed by atoms with Crippen LogP contribution in [0.1, 0.15) is 87.4 Å². The van der Waals surface area contributed by atoms with Crippen molar-refractivity contribution in [1.82, 2.24) is 0 Å². The number of carbonyl (C=O) groups is 4. The lowest BCUT2D eigenvalue weighted by atomic mass is 9.88. The Hall–Kier alpha value is -3.58. The molecule has 2 N–H and O–H groups in total. The maximum atomic E-state index is 13.3. The number of fused-ring (bicyclic) bond motifs is 1. The molecule has 0 saturated carbocycles. The van der Waals surface area contributed by atoms with Crippen molar-refractivity contribution in [2.75, 3.05) is 25.1 Å². The topological polar surface area (TPSA) is 153 Å². The van der Waals surface area contributed by atoms with E-state index in [-0.39, 0.29) is 35.3 Å². The number of hydrogen-bond acceptors (Lipinski definition) is 12. The van der Waals surface area contributed by atoms with Crippen LogP contribution in [0, 0.1) is 12.8 Å². The van der Waals surface area contributed by atoms with Gasteiger partial charge >= 0.3 is 17.9 Å². The van der Waals surface area contributed by atoms with Gasteiger partial charge in [0.1, 0.15) is 21.2 Å². The first-order valence-electron chi connectivity index (χ1n) is 13.0. The van der Waals surface area contributed by atoms with Crippen LogP contribution in [0.25, 0.3) is 0 Å². The van der Waals surface area contributed by atoms with E-state index in [9.17, 15) is 24.3 Å². The molecule has 40 heavy (non-hydrogen) atoms. The smallest absolute Gasteiger partial charge is 0.348 e.